The summed E-state index contributed by atoms with van der Waals surface area (Å²) in [7, 11) is 1.81. The average molecular weight is 407 g/mol. The van der Waals surface area contributed by atoms with E-state index in [0.717, 1.165) is 29.0 Å². The van der Waals surface area contributed by atoms with Crippen molar-refractivity contribution < 1.29 is 18.7 Å². The smallest absolute Gasteiger partial charge is 0.231 e. The molecule has 0 radical (unpaired) electrons. The van der Waals surface area contributed by atoms with Gasteiger partial charge < -0.3 is 18.8 Å². The number of ether oxygens (including phenoxy) is 2. The third kappa shape index (κ3) is 4.79. The van der Waals surface area contributed by atoms with Gasteiger partial charge in [0.25, 0.3) is 0 Å². The van der Waals surface area contributed by atoms with Crippen LogP contribution < -0.4 is 9.47 Å². The number of amides is 1. The van der Waals surface area contributed by atoms with E-state index in [1.54, 1.807) is 4.90 Å². The highest BCUT2D eigenvalue weighted by atomic mass is 16.7. The maximum atomic E-state index is 12.5. The summed E-state index contributed by atoms with van der Waals surface area (Å²) < 4.78 is 16.4. The first-order valence-electron chi connectivity index (χ1n) is 10.1. The van der Waals surface area contributed by atoms with Crippen molar-refractivity contribution in [3.05, 3.63) is 70.9 Å². The van der Waals surface area contributed by atoms with Crippen molar-refractivity contribution in [2.24, 2.45) is 0 Å². The summed E-state index contributed by atoms with van der Waals surface area (Å²) in [5.74, 6) is 2.50. The van der Waals surface area contributed by atoms with Gasteiger partial charge in [0.2, 0.25) is 24.5 Å². The molecule has 0 N–H and O–H groups in total. The van der Waals surface area contributed by atoms with E-state index in [1.165, 1.54) is 5.56 Å². The van der Waals surface area contributed by atoms with Gasteiger partial charge in [-0.15, -0.1) is 10.2 Å². The molecule has 7 heteroatoms. The van der Waals surface area contributed by atoms with E-state index < -0.39 is 0 Å². The van der Waals surface area contributed by atoms with Gasteiger partial charge in [0, 0.05) is 26.4 Å². The summed E-state index contributed by atoms with van der Waals surface area (Å²) in [5, 5.41) is 8.17. The maximum Gasteiger partial charge on any atom is 0.231 e. The van der Waals surface area contributed by atoms with Gasteiger partial charge in [-0.25, -0.2) is 0 Å². The van der Waals surface area contributed by atoms with Crippen LogP contribution in [-0.4, -0.2) is 34.8 Å². The highest BCUT2D eigenvalue weighted by Crippen LogP contribution is 2.33. The summed E-state index contributed by atoms with van der Waals surface area (Å²) >= 11 is 0. The minimum absolute atomic E-state index is 0.0464. The third-order valence-corrected chi connectivity index (χ3v) is 5.13. The van der Waals surface area contributed by atoms with Crippen molar-refractivity contribution in [3.8, 4) is 11.5 Å². The Hall–Kier alpha value is -3.35. The van der Waals surface area contributed by atoms with Crippen LogP contribution in [0.2, 0.25) is 0 Å². The Morgan fingerprint density at radius 2 is 1.67 bits per heavy atom. The van der Waals surface area contributed by atoms with E-state index in [0.29, 0.717) is 37.6 Å². The molecule has 1 amide bonds. The number of carbonyl (C=O) groups excluding carboxylic acids is 1. The van der Waals surface area contributed by atoms with Crippen LogP contribution in [0.5, 0.6) is 11.5 Å². The van der Waals surface area contributed by atoms with Gasteiger partial charge in [0.05, 0.1) is 6.42 Å². The maximum absolute atomic E-state index is 12.5. The molecule has 3 aromatic rings. The van der Waals surface area contributed by atoms with Gasteiger partial charge in [-0.05, 0) is 35.2 Å². The first kappa shape index (κ1) is 19.9. The Morgan fingerprint density at radius 1 is 0.967 bits per heavy atom. The molecule has 0 aliphatic carbocycles. The molecule has 0 spiro atoms. The van der Waals surface area contributed by atoms with E-state index in [9.17, 15) is 4.79 Å². The average Bonchev–Trinajstić information content (AvgIpc) is 3.41. The number of carbonyl (C=O) groups is 1. The minimum Gasteiger partial charge on any atom is -0.454 e. The first-order valence-corrected chi connectivity index (χ1v) is 10.1. The normalized spacial score (nSPS) is 12.2. The van der Waals surface area contributed by atoms with Crippen molar-refractivity contribution in [2.45, 2.75) is 39.2 Å². The van der Waals surface area contributed by atoms with E-state index in [2.05, 4.69) is 41.4 Å². The summed E-state index contributed by atoms with van der Waals surface area (Å²) in [4.78, 5) is 14.2. The lowest BCUT2D eigenvalue weighted by molar-refractivity contribution is -0.130. The topological polar surface area (TPSA) is 77.7 Å². The Balaban J connectivity index is 1.27. The van der Waals surface area contributed by atoms with Crippen LogP contribution in [0.4, 0.5) is 0 Å². The second kappa shape index (κ2) is 8.98. The molecular formula is C23H25N3O4. The molecule has 30 heavy (non-hydrogen) atoms. The van der Waals surface area contributed by atoms with Crippen LogP contribution in [0.25, 0.3) is 0 Å². The number of fused-ring (bicyclic) bond motifs is 1. The van der Waals surface area contributed by atoms with E-state index in [1.807, 2.05) is 25.2 Å². The molecule has 1 aliphatic heterocycles. The predicted octanol–water partition coefficient (Wildman–Crippen LogP) is 3.54. The van der Waals surface area contributed by atoms with Crippen LogP contribution in [-0.2, 0) is 30.6 Å². The van der Waals surface area contributed by atoms with Gasteiger partial charge in [0.1, 0.15) is 0 Å². The molecule has 0 fully saturated rings. The van der Waals surface area contributed by atoms with Crippen LogP contribution in [0.1, 0.15) is 41.8 Å². The molecule has 0 saturated carbocycles. The fourth-order valence-corrected chi connectivity index (χ4v) is 3.33. The number of benzene rings is 2. The zero-order chi connectivity index (χ0) is 20.9. The number of aryl methyl sites for hydroxylation is 2. The second-order valence-corrected chi connectivity index (χ2v) is 7.37. The molecule has 0 unspecified atom stereocenters. The zero-order valence-electron chi connectivity index (χ0n) is 17.3. The SMILES string of the molecule is CCc1ccc(CN(C)C(=O)CCc2nnc(Cc3ccc4c(c3)OCO4)o2)cc1. The Morgan fingerprint density at radius 3 is 2.47 bits per heavy atom. The van der Waals surface area contributed by atoms with Crippen LogP contribution in [0.3, 0.4) is 0 Å². The highest BCUT2D eigenvalue weighted by Gasteiger charge is 2.16. The molecule has 0 saturated heterocycles. The molecule has 2 heterocycles. The number of aromatic nitrogens is 2. The lowest BCUT2D eigenvalue weighted by Gasteiger charge is -2.17. The van der Waals surface area contributed by atoms with Gasteiger partial charge in [-0.3, -0.25) is 4.79 Å². The van der Waals surface area contributed by atoms with Crippen LogP contribution in [0, 0.1) is 0 Å². The fourth-order valence-electron chi connectivity index (χ4n) is 3.33. The molecule has 7 nitrogen and oxygen atoms in total. The lowest BCUT2D eigenvalue weighted by Crippen LogP contribution is -2.26. The molecule has 4 rings (SSSR count). The van der Waals surface area contributed by atoms with E-state index >= 15 is 0 Å². The molecule has 0 bridgehead atoms. The third-order valence-electron chi connectivity index (χ3n) is 5.13. The molecule has 1 aliphatic rings. The zero-order valence-corrected chi connectivity index (χ0v) is 17.3. The minimum atomic E-state index is 0.0464. The Kier molecular flexibility index (Phi) is 5.97. The summed E-state index contributed by atoms with van der Waals surface area (Å²) in [6.45, 7) is 2.96. The predicted molar refractivity (Wildman–Crippen MR) is 110 cm³/mol. The summed E-state index contributed by atoms with van der Waals surface area (Å²) in [6.07, 6.45) is 2.27. The molecular weight excluding hydrogens is 382 g/mol. The van der Waals surface area contributed by atoms with Crippen LogP contribution in [0.15, 0.2) is 46.9 Å². The van der Waals surface area contributed by atoms with Crippen molar-refractivity contribution in [1.29, 1.82) is 0 Å². The van der Waals surface area contributed by atoms with Gasteiger partial charge >= 0.3 is 0 Å². The summed E-state index contributed by atoms with van der Waals surface area (Å²) in [5.41, 5.74) is 3.41. The fraction of sp³-hybridized carbons (Fsp3) is 0.348. The summed E-state index contributed by atoms with van der Waals surface area (Å²) in [6, 6.07) is 14.1. The van der Waals surface area contributed by atoms with Crippen molar-refractivity contribution in [1.82, 2.24) is 15.1 Å². The highest BCUT2D eigenvalue weighted by molar-refractivity contribution is 5.76. The largest absolute Gasteiger partial charge is 0.454 e. The monoisotopic (exact) mass is 407 g/mol. The second-order valence-electron chi connectivity index (χ2n) is 7.37. The number of hydrogen-bond donors (Lipinski definition) is 0. The lowest BCUT2D eigenvalue weighted by atomic mass is 10.1. The van der Waals surface area contributed by atoms with Gasteiger partial charge in [-0.2, -0.15) is 0 Å². The standard InChI is InChI=1S/C23H25N3O4/c1-3-16-4-6-17(7-5-16)14-26(2)23(27)11-10-21-24-25-22(30-21)13-18-8-9-19-20(12-18)29-15-28-19/h4-9,12H,3,10-11,13-15H2,1-2H3. The molecule has 2 aromatic carbocycles. The van der Waals surface area contributed by atoms with Crippen molar-refractivity contribution in [3.63, 3.8) is 0 Å². The Labute approximate surface area is 175 Å². The van der Waals surface area contributed by atoms with E-state index in [4.69, 9.17) is 13.9 Å². The quantitative estimate of drug-likeness (QED) is 0.568. The number of nitrogens with zero attached hydrogens (tertiary/aromatic N) is 3. The number of rotatable bonds is 8. The first-order chi connectivity index (χ1) is 14.6. The molecule has 0 atom stereocenters. The molecule has 1 aromatic heterocycles. The number of hydrogen-bond acceptors (Lipinski definition) is 6. The van der Waals surface area contributed by atoms with Crippen molar-refractivity contribution >= 4 is 5.91 Å². The van der Waals surface area contributed by atoms with Gasteiger partial charge in [0.15, 0.2) is 11.5 Å². The van der Waals surface area contributed by atoms with Crippen molar-refractivity contribution in [2.75, 3.05) is 13.8 Å². The Bertz CT molecular complexity index is 1010. The van der Waals surface area contributed by atoms with Crippen LogP contribution >= 0.6 is 0 Å². The van der Waals surface area contributed by atoms with E-state index in [-0.39, 0.29) is 12.7 Å². The molecule has 156 valence electrons. The van der Waals surface area contributed by atoms with Gasteiger partial charge in [-0.1, -0.05) is 37.3 Å².